The average Bonchev–Trinajstić information content (AvgIpc) is 2.32. The van der Waals surface area contributed by atoms with Crippen LogP contribution in [-0.2, 0) is 4.74 Å². The van der Waals surface area contributed by atoms with Crippen molar-refractivity contribution in [3.8, 4) is 0 Å². The monoisotopic (exact) mass is 254 g/mol. The minimum atomic E-state index is -0.0259. The van der Waals surface area contributed by atoms with E-state index in [-0.39, 0.29) is 12.0 Å². The summed E-state index contributed by atoms with van der Waals surface area (Å²) in [6.07, 6.45) is 0.0805. The maximum Gasteiger partial charge on any atom is 0.254 e. The minimum absolute atomic E-state index is 0.0259. The van der Waals surface area contributed by atoms with Crippen molar-refractivity contribution in [2.24, 2.45) is 0 Å². The second-order valence-electron chi connectivity index (χ2n) is 4.17. The van der Waals surface area contributed by atoms with Crippen molar-refractivity contribution in [2.45, 2.75) is 13.0 Å². The Hall–Kier alpha value is -1.26. The summed E-state index contributed by atoms with van der Waals surface area (Å²) in [6.45, 7) is 3.76. The van der Waals surface area contributed by atoms with Crippen molar-refractivity contribution in [1.82, 2.24) is 4.90 Å². The Labute approximate surface area is 105 Å². The minimum Gasteiger partial charge on any atom is -0.398 e. The number of nitrogens with zero attached hydrogens (tertiary/aromatic N) is 1. The molecule has 1 atom stereocenters. The van der Waals surface area contributed by atoms with E-state index in [0.29, 0.717) is 36.0 Å². The van der Waals surface area contributed by atoms with Gasteiger partial charge < -0.3 is 15.4 Å². The highest BCUT2D eigenvalue weighted by molar-refractivity contribution is 6.33. The van der Waals surface area contributed by atoms with Gasteiger partial charge in [0.1, 0.15) is 0 Å². The van der Waals surface area contributed by atoms with Crippen LogP contribution in [0, 0.1) is 0 Å². The van der Waals surface area contributed by atoms with Crippen LogP contribution >= 0.6 is 11.6 Å². The molecule has 1 heterocycles. The van der Waals surface area contributed by atoms with Crippen molar-refractivity contribution in [3.63, 3.8) is 0 Å². The summed E-state index contributed by atoms with van der Waals surface area (Å²) in [5.41, 5.74) is 6.67. The van der Waals surface area contributed by atoms with Crippen molar-refractivity contribution >= 4 is 23.2 Å². The predicted octanol–water partition coefficient (Wildman–Crippen LogP) is 1.78. The number of carbonyl (C=O) groups is 1. The molecular formula is C12H15ClN2O2. The smallest absolute Gasteiger partial charge is 0.254 e. The van der Waals surface area contributed by atoms with Gasteiger partial charge in [-0.3, -0.25) is 4.79 Å². The summed E-state index contributed by atoms with van der Waals surface area (Å²) in [4.78, 5) is 14.0. The number of amides is 1. The first-order valence-electron chi connectivity index (χ1n) is 5.54. The molecule has 1 amide bonds. The quantitative estimate of drug-likeness (QED) is 0.778. The Bertz CT molecular complexity index is 437. The largest absolute Gasteiger partial charge is 0.398 e. The molecule has 0 aromatic heterocycles. The number of morpholine rings is 1. The summed E-state index contributed by atoms with van der Waals surface area (Å²) in [5.74, 6) is -0.0259. The number of carbonyl (C=O) groups excluding carboxylic acids is 1. The van der Waals surface area contributed by atoms with Crippen molar-refractivity contribution < 1.29 is 9.53 Å². The van der Waals surface area contributed by atoms with Gasteiger partial charge in [0.2, 0.25) is 0 Å². The van der Waals surface area contributed by atoms with E-state index in [1.807, 2.05) is 6.92 Å². The van der Waals surface area contributed by atoms with E-state index >= 15 is 0 Å². The van der Waals surface area contributed by atoms with Gasteiger partial charge in [-0.15, -0.1) is 0 Å². The molecule has 1 fully saturated rings. The van der Waals surface area contributed by atoms with Gasteiger partial charge in [-0.05, 0) is 25.1 Å². The number of rotatable bonds is 1. The molecule has 5 heteroatoms. The van der Waals surface area contributed by atoms with Crippen LogP contribution < -0.4 is 5.73 Å². The van der Waals surface area contributed by atoms with Gasteiger partial charge in [-0.2, -0.15) is 0 Å². The fraction of sp³-hybridized carbons (Fsp3) is 0.417. The van der Waals surface area contributed by atoms with E-state index in [1.54, 1.807) is 23.1 Å². The fourth-order valence-electron chi connectivity index (χ4n) is 1.85. The van der Waals surface area contributed by atoms with Crippen LogP contribution in [0.2, 0.25) is 5.02 Å². The Morgan fingerprint density at radius 1 is 1.59 bits per heavy atom. The third kappa shape index (κ3) is 2.70. The van der Waals surface area contributed by atoms with Crippen molar-refractivity contribution in [2.75, 3.05) is 25.4 Å². The number of halogens is 1. The molecule has 1 aliphatic rings. The summed E-state index contributed by atoms with van der Waals surface area (Å²) >= 11 is 5.91. The number of nitrogen functional groups attached to an aromatic ring is 1. The highest BCUT2D eigenvalue weighted by atomic mass is 35.5. The summed E-state index contributed by atoms with van der Waals surface area (Å²) in [6, 6.07) is 4.96. The lowest BCUT2D eigenvalue weighted by Gasteiger charge is -2.31. The molecule has 0 bridgehead atoms. The first-order valence-corrected chi connectivity index (χ1v) is 5.91. The van der Waals surface area contributed by atoms with Gasteiger partial charge in [0, 0.05) is 18.7 Å². The molecule has 0 radical (unpaired) electrons. The Morgan fingerprint density at radius 2 is 2.35 bits per heavy atom. The lowest BCUT2D eigenvalue weighted by Crippen LogP contribution is -2.44. The highest BCUT2D eigenvalue weighted by Gasteiger charge is 2.22. The molecule has 0 aliphatic carbocycles. The van der Waals surface area contributed by atoms with E-state index in [1.165, 1.54) is 0 Å². The van der Waals surface area contributed by atoms with Gasteiger partial charge in [0.05, 0.1) is 23.4 Å². The predicted molar refractivity (Wildman–Crippen MR) is 67.2 cm³/mol. The van der Waals surface area contributed by atoms with Crippen LogP contribution in [0.4, 0.5) is 5.69 Å². The molecule has 1 aliphatic heterocycles. The molecule has 1 unspecified atom stereocenters. The SMILES string of the molecule is CC1CN(C(=O)c2ccc(N)c(Cl)c2)CCO1. The van der Waals surface area contributed by atoms with Crippen molar-refractivity contribution in [3.05, 3.63) is 28.8 Å². The number of anilines is 1. The number of benzene rings is 1. The Morgan fingerprint density at radius 3 is 3.00 bits per heavy atom. The molecule has 1 saturated heterocycles. The second-order valence-corrected chi connectivity index (χ2v) is 4.58. The van der Waals surface area contributed by atoms with Gasteiger partial charge in [-0.1, -0.05) is 11.6 Å². The molecular weight excluding hydrogens is 240 g/mol. The van der Waals surface area contributed by atoms with Gasteiger partial charge in [-0.25, -0.2) is 0 Å². The number of ether oxygens (including phenoxy) is 1. The van der Waals surface area contributed by atoms with Crippen molar-refractivity contribution in [1.29, 1.82) is 0 Å². The molecule has 4 nitrogen and oxygen atoms in total. The number of hydrogen-bond acceptors (Lipinski definition) is 3. The van der Waals surface area contributed by atoms with Crippen LogP contribution in [-0.4, -0.2) is 36.6 Å². The number of hydrogen-bond donors (Lipinski definition) is 1. The van der Waals surface area contributed by atoms with E-state index in [4.69, 9.17) is 22.1 Å². The van der Waals surface area contributed by atoms with Crippen LogP contribution in [0.15, 0.2) is 18.2 Å². The second kappa shape index (κ2) is 4.94. The molecule has 2 N–H and O–H groups in total. The molecule has 0 spiro atoms. The summed E-state index contributed by atoms with van der Waals surface area (Å²) in [7, 11) is 0. The maximum absolute atomic E-state index is 12.2. The van der Waals surface area contributed by atoms with E-state index in [9.17, 15) is 4.79 Å². The zero-order valence-corrected chi connectivity index (χ0v) is 10.4. The van der Waals surface area contributed by atoms with Crippen LogP contribution in [0.5, 0.6) is 0 Å². The molecule has 0 saturated carbocycles. The van der Waals surface area contributed by atoms with Crippen LogP contribution in [0.3, 0.4) is 0 Å². The first kappa shape index (κ1) is 12.2. The van der Waals surface area contributed by atoms with Gasteiger partial charge in [0.25, 0.3) is 5.91 Å². The summed E-state index contributed by atoms with van der Waals surface area (Å²) < 4.78 is 5.40. The normalized spacial score (nSPS) is 20.4. The van der Waals surface area contributed by atoms with Crippen LogP contribution in [0.25, 0.3) is 0 Å². The van der Waals surface area contributed by atoms with E-state index < -0.39 is 0 Å². The van der Waals surface area contributed by atoms with Crippen LogP contribution in [0.1, 0.15) is 17.3 Å². The first-order chi connectivity index (χ1) is 8.08. The van der Waals surface area contributed by atoms with Gasteiger partial charge >= 0.3 is 0 Å². The summed E-state index contributed by atoms with van der Waals surface area (Å²) in [5, 5.41) is 0.414. The fourth-order valence-corrected chi connectivity index (χ4v) is 2.03. The van der Waals surface area contributed by atoms with Gasteiger partial charge in [0.15, 0.2) is 0 Å². The standard InChI is InChI=1S/C12H15ClN2O2/c1-8-7-15(4-5-17-8)12(16)9-2-3-11(14)10(13)6-9/h2-3,6,8H,4-5,7,14H2,1H3. The highest BCUT2D eigenvalue weighted by Crippen LogP contribution is 2.21. The molecule has 2 rings (SSSR count). The molecule has 1 aromatic carbocycles. The zero-order valence-electron chi connectivity index (χ0n) is 9.65. The third-order valence-corrected chi connectivity index (χ3v) is 3.10. The van der Waals surface area contributed by atoms with E-state index in [2.05, 4.69) is 0 Å². The topological polar surface area (TPSA) is 55.6 Å². The molecule has 1 aromatic rings. The molecule has 92 valence electrons. The lowest BCUT2D eigenvalue weighted by atomic mass is 10.1. The van der Waals surface area contributed by atoms with E-state index in [0.717, 1.165) is 0 Å². The lowest BCUT2D eigenvalue weighted by molar-refractivity contribution is -0.0124. The average molecular weight is 255 g/mol. The Kier molecular flexibility index (Phi) is 3.54. The molecule has 17 heavy (non-hydrogen) atoms. The third-order valence-electron chi connectivity index (χ3n) is 2.78. The maximum atomic E-state index is 12.2. The zero-order chi connectivity index (χ0) is 12.4. The Balaban J connectivity index is 2.15. The number of nitrogens with two attached hydrogens (primary N) is 1.